The van der Waals surface area contributed by atoms with E-state index in [9.17, 15) is 0 Å². The van der Waals surface area contributed by atoms with Gasteiger partial charge >= 0.3 is 0 Å². The van der Waals surface area contributed by atoms with Crippen LogP contribution in [0.25, 0.3) is 76.4 Å². The highest BCUT2D eigenvalue weighted by Crippen LogP contribution is 2.47. The molecule has 0 bridgehead atoms. The van der Waals surface area contributed by atoms with Crippen molar-refractivity contribution in [2.24, 2.45) is 0 Å². The van der Waals surface area contributed by atoms with Gasteiger partial charge in [-0.05, 0) is 47.2 Å². The summed E-state index contributed by atoms with van der Waals surface area (Å²) in [5.74, 6) is 0. The summed E-state index contributed by atoms with van der Waals surface area (Å²) in [4.78, 5) is 0. The van der Waals surface area contributed by atoms with E-state index in [2.05, 4.69) is 118 Å². The number of para-hydroxylation sites is 2. The van der Waals surface area contributed by atoms with E-state index in [1.807, 2.05) is 0 Å². The maximum Gasteiger partial charge on any atom is 0.0626 e. The van der Waals surface area contributed by atoms with Crippen LogP contribution in [0.1, 0.15) is 0 Å². The van der Waals surface area contributed by atoms with Gasteiger partial charge in [-0.3, -0.25) is 0 Å². The second-order valence-corrected chi connectivity index (χ2v) is 9.38. The van der Waals surface area contributed by atoms with Gasteiger partial charge in [-0.1, -0.05) is 72.8 Å². The van der Waals surface area contributed by atoms with Crippen LogP contribution in [0.15, 0.2) is 109 Å². The van der Waals surface area contributed by atoms with Crippen LogP contribution >= 0.6 is 0 Å². The van der Waals surface area contributed by atoms with Gasteiger partial charge in [0.25, 0.3) is 0 Å². The quantitative estimate of drug-likeness (QED) is 0.247. The average molecular weight is 431 g/mol. The SMILES string of the molecule is c1ccc(-n2c3ccc4cccc5c4c3c3c4c(ccc6c7ccccc7n5c64)ccc32)cc1. The first kappa shape index (κ1) is 17.0. The van der Waals surface area contributed by atoms with Crippen molar-refractivity contribution in [1.29, 1.82) is 0 Å². The summed E-state index contributed by atoms with van der Waals surface area (Å²) in [6.45, 7) is 0. The zero-order valence-corrected chi connectivity index (χ0v) is 18.3. The molecule has 0 aliphatic heterocycles. The first-order chi connectivity index (χ1) is 16.9. The molecule has 2 nitrogen and oxygen atoms in total. The lowest BCUT2D eigenvalue weighted by atomic mass is 9.98. The Bertz CT molecular complexity index is 2210. The molecule has 9 aromatic rings. The number of fused-ring (bicyclic) bond motifs is 4. The predicted molar refractivity (Wildman–Crippen MR) is 144 cm³/mol. The zero-order chi connectivity index (χ0) is 22.0. The molecule has 0 N–H and O–H groups in total. The molecular formula is C32H18N2. The summed E-state index contributed by atoms with van der Waals surface area (Å²) in [6, 6.07) is 40.2. The van der Waals surface area contributed by atoms with Crippen LogP contribution in [0.5, 0.6) is 0 Å². The number of rotatable bonds is 1. The molecular weight excluding hydrogens is 412 g/mol. The lowest BCUT2D eigenvalue weighted by molar-refractivity contribution is 1.18. The Hall–Kier alpha value is -4.56. The molecule has 3 heterocycles. The van der Waals surface area contributed by atoms with Crippen molar-refractivity contribution in [1.82, 2.24) is 8.97 Å². The highest BCUT2D eigenvalue weighted by Gasteiger charge is 2.23. The first-order valence-electron chi connectivity index (χ1n) is 11.8. The zero-order valence-electron chi connectivity index (χ0n) is 18.3. The van der Waals surface area contributed by atoms with Crippen LogP contribution < -0.4 is 0 Å². The third-order valence-electron chi connectivity index (χ3n) is 7.78. The van der Waals surface area contributed by atoms with Crippen molar-refractivity contribution in [3.63, 3.8) is 0 Å². The van der Waals surface area contributed by atoms with Gasteiger partial charge in [0.1, 0.15) is 0 Å². The van der Waals surface area contributed by atoms with Crippen LogP contribution in [0.2, 0.25) is 0 Å². The maximum absolute atomic E-state index is 2.51. The lowest BCUT2D eigenvalue weighted by Crippen LogP contribution is -1.94. The second-order valence-electron chi connectivity index (χ2n) is 9.38. The maximum atomic E-state index is 2.51. The van der Waals surface area contributed by atoms with Gasteiger partial charge in [-0.2, -0.15) is 0 Å². The molecule has 0 amide bonds. The monoisotopic (exact) mass is 430 g/mol. The second kappa shape index (κ2) is 5.67. The molecule has 0 radical (unpaired) electrons. The lowest BCUT2D eigenvalue weighted by Gasteiger charge is -2.10. The molecule has 156 valence electrons. The highest BCUT2D eigenvalue weighted by atomic mass is 15.0. The number of hydrogen-bond acceptors (Lipinski definition) is 0. The van der Waals surface area contributed by atoms with E-state index < -0.39 is 0 Å². The topological polar surface area (TPSA) is 9.34 Å². The third kappa shape index (κ3) is 1.79. The van der Waals surface area contributed by atoms with Crippen LogP contribution in [0, 0.1) is 0 Å². The molecule has 3 aromatic heterocycles. The normalized spacial score (nSPS) is 12.7. The van der Waals surface area contributed by atoms with Crippen molar-refractivity contribution in [3.8, 4) is 5.69 Å². The van der Waals surface area contributed by atoms with Gasteiger partial charge in [0, 0.05) is 38.0 Å². The molecule has 0 spiro atoms. The van der Waals surface area contributed by atoms with Crippen molar-refractivity contribution in [2.45, 2.75) is 0 Å². The summed E-state index contributed by atoms with van der Waals surface area (Å²) in [6.07, 6.45) is 0. The van der Waals surface area contributed by atoms with Crippen LogP contribution in [0.3, 0.4) is 0 Å². The highest BCUT2D eigenvalue weighted by molar-refractivity contribution is 6.37. The number of aromatic nitrogens is 2. The fraction of sp³-hybridized carbons (Fsp3) is 0. The van der Waals surface area contributed by atoms with Crippen LogP contribution in [0.4, 0.5) is 0 Å². The molecule has 9 rings (SSSR count). The Balaban J connectivity index is 1.75. The van der Waals surface area contributed by atoms with Gasteiger partial charge in [0.2, 0.25) is 0 Å². The van der Waals surface area contributed by atoms with Crippen molar-refractivity contribution in [2.75, 3.05) is 0 Å². The van der Waals surface area contributed by atoms with E-state index in [1.54, 1.807) is 0 Å². The average Bonchev–Trinajstić information content (AvgIpc) is 3.37. The largest absolute Gasteiger partial charge is 0.309 e. The first-order valence-corrected chi connectivity index (χ1v) is 11.8. The summed E-state index contributed by atoms with van der Waals surface area (Å²) >= 11 is 0. The number of nitrogens with zero attached hydrogens (tertiary/aromatic N) is 2. The Labute approximate surface area is 194 Å². The summed E-state index contributed by atoms with van der Waals surface area (Å²) in [5.41, 5.74) is 7.59. The molecule has 0 unspecified atom stereocenters. The minimum absolute atomic E-state index is 1.20. The molecule has 2 heteroatoms. The Morgan fingerprint density at radius 3 is 1.91 bits per heavy atom. The van der Waals surface area contributed by atoms with Crippen molar-refractivity contribution < 1.29 is 0 Å². The molecule has 0 aliphatic carbocycles. The molecule has 0 saturated heterocycles. The molecule has 0 fully saturated rings. The Morgan fingerprint density at radius 2 is 1.06 bits per heavy atom. The fourth-order valence-corrected chi connectivity index (χ4v) is 6.50. The molecule has 34 heavy (non-hydrogen) atoms. The predicted octanol–water partition coefficient (Wildman–Crippen LogP) is 8.52. The minimum atomic E-state index is 1.20. The van der Waals surface area contributed by atoms with E-state index in [-0.39, 0.29) is 0 Å². The van der Waals surface area contributed by atoms with E-state index in [0.29, 0.717) is 0 Å². The minimum Gasteiger partial charge on any atom is -0.309 e. The van der Waals surface area contributed by atoms with Crippen molar-refractivity contribution >= 4 is 70.7 Å². The summed E-state index contributed by atoms with van der Waals surface area (Å²) < 4.78 is 4.96. The number of hydrogen-bond donors (Lipinski definition) is 0. The molecule has 6 aromatic carbocycles. The van der Waals surface area contributed by atoms with E-state index in [0.717, 1.165) is 0 Å². The van der Waals surface area contributed by atoms with Gasteiger partial charge in [-0.25, -0.2) is 0 Å². The number of benzene rings is 6. The van der Waals surface area contributed by atoms with Crippen molar-refractivity contribution in [3.05, 3.63) is 109 Å². The van der Waals surface area contributed by atoms with E-state index in [4.69, 9.17) is 0 Å². The van der Waals surface area contributed by atoms with Gasteiger partial charge in [0.15, 0.2) is 0 Å². The van der Waals surface area contributed by atoms with Crippen LogP contribution in [-0.2, 0) is 0 Å². The fourth-order valence-electron chi connectivity index (χ4n) is 6.50. The Kier molecular flexibility index (Phi) is 2.83. The molecule has 0 atom stereocenters. The van der Waals surface area contributed by atoms with Gasteiger partial charge < -0.3 is 8.97 Å². The third-order valence-corrected chi connectivity index (χ3v) is 7.78. The molecule has 0 saturated carbocycles. The van der Waals surface area contributed by atoms with E-state index in [1.165, 1.54) is 76.4 Å². The molecule has 0 aliphatic rings. The van der Waals surface area contributed by atoms with E-state index >= 15 is 0 Å². The van der Waals surface area contributed by atoms with Gasteiger partial charge in [-0.15, -0.1) is 0 Å². The smallest absolute Gasteiger partial charge is 0.0626 e. The Morgan fingerprint density at radius 1 is 0.382 bits per heavy atom. The van der Waals surface area contributed by atoms with Gasteiger partial charge in [0.05, 0.1) is 27.6 Å². The summed E-state index contributed by atoms with van der Waals surface area (Å²) in [7, 11) is 0. The standard InChI is InChI=1S/C32H18N2/c1-2-8-21(9-3-1)33-26-17-14-19-7-6-12-25-28(19)30(26)31-27(33)18-15-20-13-16-23-22-10-4-5-11-24(22)34(25)32(23)29(20)31/h1-18H. The summed E-state index contributed by atoms with van der Waals surface area (Å²) in [5, 5.41) is 10.6. The van der Waals surface area contributed by atoms with Crippen LogP contribution in [-0.4, -0.2) is 8.97 Å².